The van der Waals surface area contributed by atoms with Gasteiger partial charge in [0.25, 0.3) is 5.91 Å². The molecule has 0 bridgehead atoms. The average Bonchev–Trinajstić information content (AvgIpc) is 2.44. The summed E-state index contributed by atoms with van der Waals surface area (Å²) in [5, 5.41) is 2.23. The van der Waals surface area contributed by atoms with E-state index in [0.717, 1.165) is 24.3 Å². The highest BCUT2D eigenvalue weighted by Gasteiger charge is 2.26. The van der Waals surface area contributed by atoms with Crippen molar-refractivity contribution in [3.05, 3.63) is 29.8 Å². The van der Waals surface area contributed by atoms with Crippen LogP contribution in [0.2, 0.25) is 0 Å². The summed E-state index contributed by atoms with van der Waals surface area (Å²) in [6.45, 7) is -0.494. The summed E-state index contributed by atoms with van der Waals surface area (Å²) in [6, 6.07) is 3.80. The summed E-state index contributed by atoms with van der Waals surface area (Å²) in [6.07, 6.45) is 0. The lowest BCUT2D eigenvalue weighted by Gasteiger charge is -2.05. The molecule has 1 N–H and O–H groups in total. The number of benzene rings is 1. The topological polar surface area (TPSA) is 89.5 Å². The molecule has 0 unspecified atom stereocenters. The van der Waals surface area contributed by atoms with Crippen molar-refractivity contribution in [3.63, 3.8) is 0 Å². The Morgan fingerprint density at radius 1 is 1.25 bits per heavy atom. The Labute approximate surface area is 113 Å². The number of rotatable bonds is 5. The van der Waals surface area contributed by atoms with Crippen molar-refractivity contribution in [3.8, 4) is 0 Å². The van der Waals surface area contributed by atoms with Crippen LogP contribution in [0.4, 0.5) is 8.78 Å². The van der Waals surface area contributed by atoms with Gasteiger partial charge < -0.3 is 10.1 Å². The number of hydrogen-bond acceptors (Lipinski definition) is 5. The molecule has 0 saturated carbocycles. The molecule has 0 aliphatic heterocycles. The zero-order chi connectivity index (χ0) is 15.3. The minimum Gasteiger partial charge on any atom is -0.452 e. The van der Waals surface area contributed by atoms with Gasteiger partial charge in [0.1, 0.15) is 0 Å². The standard InChI is InChI=1S/C11H11F2NO5S/c1-14-9(15)6-19-10(16)7-2-4-8(5-3-7)20(17,18)11(12)13/h2-5,11H,6H2,1H3,(H,14,15). The van der Waals surface area contributed by atoms with Crippen LogP contribution >= 0.6 is 0 Å². The van der Waals surface area contributed by atoms with E-state index in [1.165, 1.54) is 7.05 Å². The van der Waals surface area contributed by atoms with E-state index in [1.807, 2.05) is 0 Å². The third-order valence-corrected chi connectivity index (χ3v) is 3.66. The molecule has 1 amide bonds. The Kier molecular flexibility index (Phi) is 5.14. The van der Waals surface area contributed by atoms with Gasteiger partial charge in [-0.3, -0.25) is 4.79 Å². The molecule has 0 aliphatic rings. The monoisotopic (exact) mass is 307 g/mol. The Bertz CT molecular complexity index is 598. The first-order valence-corrected chi connectivity index (χ1v) is 6.83. The molecule has 1 rings (SSSR count). The summed E-state index contributed by atoms with van der Waals surface area (Å²) in [5.41, 5.74) is -0.0536. The number of ether oxygens (including phenoxy) is 1. The van der Waals surface area contributed by atoms with E-state index in [4.69, 9.17) is 0 Å². The van der Waals surface area contributed by atoms with E-state index >= 15 is 0 Å². The Morgan fingerprint density at radius 2 is 1.80 bits per heavy atom. The quantitative estimate of drug-likeness (QED) is 0.804. The normalized spacial score (nSPS) is 11.2. The van der Waals surface area contributed by atoms with Crippen molar-refractivity contribution in [2.24, 2.45) is 0 Å². The molecule has 1 aromatic rings. The number of halogens is 2. The van der Waals surface area contributed by atoms with Crippen LogP contribution in [-0.4, -0.2) is 39.7 Å². The molecule has 110 valence electrons. The molecular formula is C11H11F2NO5S. The molecule has 0 heterocycles. The predicted molar refractivity (Wildman–Crippen MR) is 64.0 cm³/mol. The zero-order valence-corrected chi connectivity index (χ0v) is 11.1. The van der Waals surface area contributed by atoms with Gasteiger partial charge in [0.2, 0.25) is 9.84 Å². The Balaban J connectivity index is 2.82. The molecule has 0 saturated heterocycles. The summed E-state index contributed by atoms with van der Waals surface area (Å²) in [7, 11) is -3.34. The van der Waals surface area contributed by atoms with Gasteiger partial charge >= 0.3 is 11.7 Å². The predicted octanol–water partition coefficient (Wildman–Crippen LogP) is 0.586. The molecule has 0 spiro atoms. The van der Waals surface area contributed by atoms with Crippen molar-refractivity contribution in [2.45, 2.75) is 10.7 Å². The third-order valence-electron chi connectivity index (χ3n) is 2.27. The van der Waals surface area contributed by atoms with E-state index in [2.05, 4.69) is 10.1 Å². The first kappa shape index (κ1) is 16.0. The van der Waals surface area contributed by atoms with Gasteiger partial charge in [0.05, 0.1) is 10.5 Å². The highest BCUT2D eigenvalue weighted by atomic mass is 32.2. The maximum absolute atomic E-state index is 12.3. The van der Waals surface area contributed by atoms with E-state index in [0.29, 0.717) is 0 Å². The van der Waals surface area contributed by atoms with Crippen LogP contribution in [0.3, 0.4) is 0 Å². The number of likely N-dealkylation sites (N-methyl/N-ethyl adjacent to an activating group) is 1. The first-order valence-electron chi connectivity index (χ1n) is 5.29. The second-order valence-electron chi connectivity index (χ2n) is 3.58. The summed E-state index contributed by atoms with van der Waals surface area (Å²) in [5.74, 6) is -4.92. The van der Waals surface area contributed by atoms with Gasteiger partial charge in [-0.15, -0.1) is 0 Å². The number of carbonyl (C=O) groups is 2. The number of hydrogen-bond donors (Lipinski definition) is 1. The van der Waals surface area contributed by atoms with Crippen LogP contribution in [0.1, 0.15) is 10.4 Å². The van der Waals surface area contributed by atoms with E-state index in [-0.39, 0.29) is 5.56 Å². The number of amides is 1. The zero-order valence-electron chi connectivity index (χ0n) is 10.3. The summed E-state index contributed by atoms with van der Waals surface area (Å²) < 4.78 is 51.5. The molecule has 9 heteroatoms. The second-order valence-corrected chi connectivity index (χ2v) is 5.50. The highest BCUT2D eigenvalue weighted by molar-refractivity contribution is 7.91. The van der Waals surface area contributed by atoms with Gasteiger partial charge in [0.15, 0.2) is 6.61 Å². The lowest BCUT2D eigenvalue weighted by molar-refractivity contribution is -0.123. The number of nitrogens with one attached hydrogen (secondary N) is 1. The van der Waals surface area contributed by atoms with Crippen LogP contribution in [0.15, 0.2) is 29.2 Å². The minimum atomic E-state index is -4.70. The number of sulfone groups is 1. The lowest BCUT2D eigenvalue weighted by Crippen LogP contribution is -2.25. The minimum absolute atomic E-state index is 0.0536. The fraction of sp³-hybridized carbons (Fsp3) is 0.273. The maximum Gasteiger partial charge on any atom is 0.341 e. The first-order chi connectivity index (χ1) is 9.28. The van der Waals surface area contributed by atoms with E-state index in [9.17, 15) is 26.8 Å². The fourth-order valence-corrected chi connectivity index (χ4v) is 1.89. The molecular weight excluding hydrogens is 296 g/mol. The molecule has 0 aromatic heterocycles. The lowest BCUT2D eigenvalue weighted by atomic mass is 10.2. The van der Waals surface area contributed by atoms with Crippen LogP contribution in [-0.2, 0) is 19.4 Å². The largest absolute Gasteiger partial charge is 0.452 e. The molecule has 1 aromatic carbocycles. The molecule has 6 nitrogen and oxygen atoms in total. The van der Waals surface area contributed by atoms with Crippen LogP contribution < -0.4 is 5.32 Å². The molecule has 0 radical (unpaired) electrons. The van der Waals surface area contributed by atoms with Crippen molar-refractivity contribution in [1.82, 2.24) is 5.32 Å². The van der Waals surface area contributed by atoms with E-state index < -0.39 is 39.0 Å². The van der Waals surface area contributed by atoms with Crippen molar-refractivity contribution in [1.29, 1.82) is 0 Å². The van der Waals surface area contributed by atoms with E-state index in [1.54, 1.807) is 0 Å². The molecule has 0 aliphatic carbocycles. The Hall–Kier alpha value is -2.03. The van der Waals surface area contributed by atoms with Gasteiger partial charge in [-0.2, -0.15) is 8.78 Å². The van der Waals surface area contributed by atoms with Crippen LogP contribution in [0, 0.1) is 0 Å². The van der Waals surface area contributed by atoms with Gasteiger partial charge in [-0.05, 0) is 24.3 Å². The van der Waals surface area contributed by atoms with Crippen molar-refractivity contribution < 1.29 is 31.5 Å². The molecule has 20 heavy (non-hydrogen) atoms. The summed E-state index contributed by atoms with van der Waals surface area (Å²) in [4.78, 5) is 21.7. The third kappa shape index (κ3) is 3.73. The number of alkyl halides is 2. The van der Waals surface area contributed by atoms with Crippen molar-refractivity contribution in [2.75, 3.05) is 13.7 Å². The van der Waals surface area contributed by atoms with Gasteiger partial charge in [0, 0.05) is 7.05 Å². The summed E-state index contributed by atoms with van der Waals surface area (Å²) >= 11 is 0. The molecule has 0 atom stereocenters. The maximum atomic E-state index is 12.3. The number of carbonyl (C=O) groups excluding carboxylic acids is 2. The second kappa shape index (κ2) is 6.42. The Morgan fingerprint density at radius 3 is 2.25 bits per heavy atom. The van der Waals surface area contributed by atoms with Crippen LogP contribution in [0.25, 0.3) is 0 Å². The number of esters is 1. The SMILES string of the molecule is CNC(=O)COC(=O)c1ccc(S(=O)(=O)C(F)F)cc1. The van der Waals surface area contributed by atoms with Gasteiger partial charge in [-0.25, -0.2) is 13.2 Å². The smallest absolute Gasteiger partial charge is 0.341 e. The van der Waals surface area contributed by atoms with Gasteiger partial charge in [-0.1, -0.05) is 0 Å². The fourth-order valence-electron chi connectivity index (χ4n) is 1.17. The molecule has 0 fully saturated rings. The van der Waals surface area contributed by atoms with Crippen LogP contribution in [0.5, 0.6) is 0 Å². The highest BCUT2D eigenvalue weighted by Crippen LogP contribution is 2.18. The van der Waals surface area contributed by atoms with Crippen molar-refractivity contribution >= 4 is 21.7 Å². The average molecular weight is 307 g/mol.